The van der Waals surface area contributed by atoms with Crippen molar-refractivity contribution in [2.24, 2.45) is 5.41 Å². The van der Waals surface area contributed by atoms with Gasteiger partial charge in [0.15, 0.2) is 0 Å². The molecule has 1 rings (SSSR count). The maximum absolute atomic E-state index is 12.1. The predicted octanol–water partition coefficient (Wildman–Crippen LogP) is 2.09. The summed E-state index contributed by atoms with van der Waals surface area (Å²) in [6.07, 6.45) is -0.109. The number of rotatable bonds is 3. The lowest BCUT2D eigenvalue weighted by Crippen LogP contribution is -2.35. The van der Waals surface area contributed by atoms with Gasteiger partial charge in [-0.3, -0.25) is 9.36 Å². The molecule has 0 aliphatic rings. The van der Waals surface area contributed by atoms with Crippen LogP contribution in [0.3, 0.4) is 0 Å². The number of hydrogen-bond donors (Lipinski definition) is 1. The lowest BCUT2D eigenvalue weighted by molar-refractivity contribution is -0.136. The van der Waals surface area contributed by atoms with Crippen LogP contribution >= 0.6 is 0 Å². The largest absolute Gasteiger partial charge is 0.481 e. The van der Waals surface area contributed by atoms with Crippen molar-refractivity contribution in [3.63, 3.8) is 0 Å². The molecule has 19 heavy (non-hydrogen) atoms. The summed E-state index contributed by atoms with van der Waals surface area (Å²) in [5.74, 6) is -0.915. The van der Waals surface area contributed by atoms with E-state index >= 15 is 0 Å². The number of carbonyl (C=O) groups is 1. The lowest BCUT2D eigenvalue weighted by Gasteiger charge is -2.31. The molecule has 106 valence electrons. The monoisotopic (exact) mass is 266 g/mol. The van der Waals surface area contributed by atoms with Crippen LogP contribution in [0.4, 0.5) is 0 Å². The summed E-state index contributed by atoms with van der Waals surface area (Å²) in [5.41, 5.74) is 1.41. The Bertz CT molecular complexity index is 553. The number of nitrogens with zero attached hydrogens (tertiary/aromatic N) is 2. The van der Waals surface area contributed by atoms with Gasteiger partial charge in [0, 0.05) is 23.0 Å². The normalized spacial score (nSPS) is 13.4. The van der Waals surface area contributed by atoms with Crippen LogP contribution < -0.4 is 5.69 Å². The number of carboxylic acids is 1. The third kappa shape index (κ3) is 3.22. The molecule has 0 aromatic carbocycles. The molecule has 1 aromatic rings. The molecule has 0 aliphatic carbocycles. The van der Waals surface area contributed by atoms with Crippen molar-refractivity contribution in [3.05, 3.63) is 27.4 Å². The molecule has 5 heteroatoms. The molecule has 0 saturated carbocycles. The Kier molecular flexibility index (Phi) is 4.18. The SMILES string of the molecule is Cc1nc(=O)n(C(C)C(C)(C)C)c(C)c1CC(=O)O. The van der Waals surface area contributed by atoms with Crippen LogP contribution in [0.15, 0.2) is 4.79 Å². The second kappa shape index (κ2) is 5.15. The molecule has 1 unspecified atom stereocenters. The average molecular weight is 266 g/mol. The molecule has 0 spiro atoms. The maximum Gasteiger partial charge on any atom is 0.348 e. The highest BCUT2D eigenvalue weighted by Gasteiger charge is 2.26. The maximum atomic E-state index is 12.1. The molecule has 1 N–H and O–H groups in total. The molecule has 0 aliphatic heterocycles. The smallest absolute Gasteiger partial charge is 0.348 e. The van der Waals surface area contributed by atoms with Gasteiger partial charge in [-0.15, -0.1) is 0 Å². The summed E-state index contributed by atoms with van der Waals surface area (Å²) in [7, 11) is 0. The Hall–Kier alpha value is -1.65. The highest BCUT2D eigenvalue weighted by molar-refractivity contribution is 5.70. The first-order valence-electron chi connectivity index (χ1n) is 6.36. The van der Waals surface area contributed by atoms with Gasteiger partial charge in [-0.2, -0.15) is 4.98 Å². The summed E-state index contributed by atoms with van der Waals surface area (Å²) in [6, 6.07) is -0.0550. The molecule has 0 radical (unpaired) electrons. The first-order chi connectivity index (χ1) is 8.55. The fraction of sp³-hybridized carbons (Fsp3) is 0.643. The molecule has 0 amide bonds. The van der Waals surface area contributed by atoms with E-state index in [0.29, 0.717) is 17.0 Å². The van der Waals surface area contributed by atoms with Gasteiger partial charge in [0.05, 0.1) is 6.42 Å². The molecule has 0 bridgehead atoms. The van der Waals surface area contributed by atoms with Crippen LogP contribution in [0, 0.1) is 19.3 Å². The standard InChI is InChI=1S/C14H22N2O3/c1-8-11(7-12(17)18)9(2)16(13(19)15-8)10(3)14(4,5)6/h10H,7H2,1-6H3,(H,17,18). The minimum atomic E-state index is -0.915. The third-order valence-corrected chi connectivity index (χ3v) is 3.67. The van der Waals surface area contributed by atoms with Crippen LogP contribution in [0.5, 0.6) is 0 Å². The molecule has 5 nitrogen and oxygen atoms in total. The van der Waals surface area contributed by atoms with Gasteiger partial charge in [0.1, 0.15) is 0 Å². The first-order valence-corrected chi connectivity index (χ1v) is 6.36. The zero-order chi connectivity index (χ0) is 15.0. The van der Waals surface area contributed by atoms with Gasteiger partial charge in [0.2, 0.25) is 0 Å². The Labute approximate surface area is 113 Å². The molecule has 0 saturated heterocycles. The predicted molar refractivity (Wildman–Crippen MR) is 73.5 cm³/mol. The summed E-state index contributed by atoms with van der Waals surface area (Å²) in [5, 5.41) is 8.96. The summed E-state index contributed by atoms with van der Waals surface area (Å²) in [6.45, 7) is 11.5. The first kappa shape index (κ1) is 15.4. The highest BCUT2D eigenvalue weighted by atomic mass is 16.4. The number of hydrogen-bond acceptors (Lipinski definition) is 3. The van der Waals surface area contributed by atoms with Crippen molar-refractivity contribution >= 4 is 5.97 Å². The summed E-state index contributed by atoms with van der Waals surface area (Å²) in [4.78, 5) is 27.0. The zero-order valence-electron chi connectivity index (χ0n) is 12.4. The highest BCUT2D eigenvalue weighted by Crippen LogP contribution is 2.30. The van der Waals surface area contributed by atoms with Gasteiger partial charge in [-0.25, -0.2) is 4.79 Å². The van der Waals surface area contributed by atoms with Crippen LogP contribution in [-0.4, -0.2) is 20.6 Å². The molecule has 0 fully saturated rings. The van der Waals surface area contributed by atoms with E-state index in [-0.39, 0.29) is 23.6 Å². The minimum absolute atomic E-state index is 0.0550. The van der Waals surface area contributed by atoms with E-state index in [2.05, 4.69) is 4.98 Å². The van der Waals surface area contributed by atoms with E-state index < -0.39 is 5.97 Å². The number of aryl methyl sites for hydroxylation is 1. The van der Waals surface area contributed by atoms with E-state index in [1.807, 2.05) is 27.7 Å². The van der Waals surface area contributed by atoms with E-state index in [0.717, 1.165) is 0 Å². The van der Waals surface area contributed by atoms with Crippen molar-refractivity contribution in [1.29, 1.82) is 0 Å². The Morgan fingerprint density at radius 1 is 1.37 bits per heavy atom. The Morgan fingerprint density at radius 3 is 2.32 bits per heavy atom. The van der Waals surface area contributed by atoms with E-state index in [9.17, 15) is 9.59 Å². The second-order valence-electron chi connectivity index (χ2n) is 6.03. The second-order valence-corrected chi connectivity index (χ2v) is 6.03. The van der Waals surface area contributed by atoms with Gasteiger partial charge in [-0.1, -0.05) is 20.8 Å². The fourth-order valence-corrected chi connectivity index (χ4v) is 2.07. The van der Waals surface area contributed by atoms with Crippen molar-refractivity contribution in [3.8, 4) is 0 Å². The lowest BCUT2D eigenvalue weighted by atomic mass is 9.87. The quantitative estimate of drug-likeness (QED) is 0.909. The topological polar surface area (TPSA) is 72.2 Å². The number of carboxylic acid groups (broad SMARTS) is 1. The van der Waals surface area contributed by atoms with Crippen molar-refractivity contribution < 1.29 is 9.90 Å². The van der Waals surface area contributed by atoms with E-state index in [4.69, 9.17) is 5.11 Å². The van der Waals surface area contributed by atoms with E-state index in [1.54, 1.807) is 18.4 Å². The summed E-state index contributed by atoms with van der Waals surface area (Å²) >= 11 is 0. The molecular weight excluding hydrogens is 244 g/mol. The zero-order valence-corrected chi connectivity index (χ0v) is 12.4. The fourth-order valence-electron chi connectivity index (χ4n) is 2.07. The van der Waals surface area contributed by atoms with Gasteiger partial charge in [-0.05, 0) is 26.2 Å². The number of aromatic nitrogens is 2. The van der Waals surface area contributed by atoms with Crippen LogP contribution in [0.2, 0.25) is 0 Å². The van der Waals surface area contributed by atoms with Gasteiger partial charge in [0.25, 0.3) is 0 Å². The Morgan fingerprint density at radius 2 is 1.89 bits per heavy atom. The van der Waals surface area contributed by atoms with Crippen LogP contribution in [0.1, 0.15) is 50.7 Å². The van der Waals surface area contributed by atoms with Gasteiger partial charge < -0.3 is 5.11 Å². The molecular formula is C14H22N2O3. The van der Waals surface area contributed by atoms with Crippen molar-refractivity contribution in [2.45, 2.75) is 54.0 Å². The van der Waals surface area contributed by atoms with Crippen LogP contribution in [-0.2, 0) is 11.2 Å². The van der Waals surface area contributed by atoms with E-state index in [1.165, 1.54) is 0 Å². The minimum Gasteiger partial charge on any atom is -0.481 e. The van der Waals surface area contributed by atoms with Crippen LogP contribution in [0.25, 0.3) is 0 Å². The Balaban J connectivity index is 3.49. The average Bonchev–Trinajstić information content (AvgIpc) is 2.22. The van der Waals surface area contributed by atoms with Crippen molar-refractivity contribution in [1.82, 2.24) is 9.55 Å². The van der Waals surface area contributed by atoms with Crippen molar-refractivity contribution in [2.75, 3.05) is 0 Å². The molecule has 1 atom stereocenters. The molecule has 1 heterocycles. The summed E-state index contributed by atoms with van der Waals surface area (Å²) < 4.78 is 1.60. The van der Waals surface area contributed by atoms with Gasteiger partial charge >= 0.3 is 11.7 Å². The molecule has 1 aromatic heterocycles. The third-order valence-electron chi connectivity index (χ3n) is 3.67. The number of aliphatic carboxylic acids is 1.